The van der Waals surface area contributed by atoms with Crippen molar-refractivity contribution in [1.29, 1.82) is 0 Å². The maximum Gasteiger partial charge on any atom is 0.320 e. The van der Waals surface area contributed by atoms with Gasteiger partial charge in [0.1, 0.15) is 5.76 Å². The van der Waals surface area contributed by atoms with Crippen molar-refractivity contribution in [2.75, 3.05) is 18.1 Å². The lowest BCUT2D eigenvalue weighted by Gasteiger charge is -2.34. The standard InChI is InChI=1S/C15H22N2O3S/c1-11-9-13(20-12(11)2)14(18)17-21(19)8-4-6-15(10-21)5-3-7-16-15/h9,16H,3-8,10H2,1-2H3. The van der Waals surface area contributed by atoms with E-state index in [1.165, 1.54) is 0 Å². The molecule has 0 aromatic carbocycles. The quantitative estimate of drug-likeness (QED) is 0.864. The van der Waals surface area contributed by atoms with Crippen LogP contribution < -0.4 is 5.32 Å². The number of carbonyl (C=O) groups excluding carboxylic acids is 1. The third-order valence-corrected chi connectivity index (χ3v) is 7.01. The number of rotatable bonds is 1. The second-order valence-electron chi connectivity index (χ2n) is 6.28. The van der Waals surface area contributed by atoms with E-state index in [2.05, 4.69) is 9.68 Å². The fraction of sp³-hybridized carbons (Fsp3) is 0.667. The molecule has 2 fully saturated rings. The maximum absolute atomic E-state index is 13.0. The Kier molecular flexibility index (Phi) is 3.69. The Morgan fingerprint density at radius 2 is 2.14 bits per heavy atom. The average molecular weight is 310 g/mol. The van der Waals surface area contributed by atoms with Gasteiger partial charge in [0.25, 0.3) is 0 Å². The Morgan fingerprint density at radius 1 is 1.38 bits per heavy atom. The SMILES string of the molecule is Cc1cc(C(=O)N=S2(=O)CCCC3(CCCN3)C2)oc1C. The molecule has 0 aliphatic carbocycles. The van der Waals surface area contributed by atoms with Gasteiger partial charge in [-0.2, -0.15) is 4.36 Å². The summed E-state index contributed by atoms with van der Waals surface area (Å²) in [5.41, 5.74) is 0.856. The van der Waals surface area contributed by atoms with E-state index in [1.807, 2.05) is 13.8 Å². The minimum Gasteiger partial charge on any atom is -0.456 e. The summed E-state index contributed by atoms with van der Waals surface area (Å²) in [5.74, 6) is 1.43. The molecule has 1 N–H and O–H groups in total. The lowest BCUT2D eigenvalue weighted by Crippen LogP contribution is -2.49. The summed E-state index contributed by atoms with van der Waals surface area (Å²) in [6, 6.07) is 1.68. The predicted octanol–water partition coefficient (Wildman–Crippen LogP) is 2.42. The van der Waals surface area contributed by atoms with Crippen molar-refractivity contribution in [3.63, 3.8) is 0 Å². The molecular weight excluding hydrogens is 288 g/mol. The molecule has 116 valence electrons. The molecule has 3 rings (SSSR count). The molecule has 1 aromatic heterocycles. The molecule has 3 heterocycles. The Bertz CT molecular complexity index is 658. The van der Waals surface area contributed by atoms with E-state index >= 15 is 0 Å². The minimum absolute atomic E-state index is 0.0614. The first-order chi connectivity index (χ1) is 9.91. The molecule has 2 aliphatic heterocycles. The second kappa shape index (κ2) is 5.25. The van der Waals surface area contributed by atoms with Crippen LogP contribution in [0.25, 0.3) is 0 Å². The van der Waals surface area contributed by atoms with E-state index in [1.54, 1.807) is 6.07 Å². The summed E-state index contributed by atoms with van der Waals surface area (Å²) < 4.78 is 22.4. The minimum atomic E-state index is -2.48. The summed E-state index contributed by atoms with van der Waals surface area (Å²) in [7, 11) is -2.48. The molecule has 21 heavy (non-hydrogen) atoms. The summed E-state index contributed by atoms with van der Waals surface area (Å²) in [6.07, 6.45) is 4.04. The van der Waals surface area contributed by atoms with E-state index in [0.717, 1.165) is 37.8 Å². The molecular formula is C15H22N2O3S. The zero-order chi connectivity index (χ0) is 15.1. The third-order valence-electron chi connectivity index (χ3n) is 4.58. The van der Waals surface area contributed by atoms with Crippen LogP contribution >= 0.6 is 0 Å². The Balaban J connectivity index is 1.87. The van der Waals surface area contributed by atoms with Crippen LogP contribution in [0.3, 0.4) is 0 Å². The topological polar surface area (TPSA) is 71.7 Å². The first-order valence-electron chi connectivity index (χ1n) is 7.50. The van der Waals surface area contributed by atoms with Crippen LogP contribution in [0.2, 0.25) is 0 Å². The van der Waals surface area contributed by atoms with Gasteiger partial charge in [0, 0.05) is 11.3 Å². The predicted molar refractivity (Wildman–Crippen MR) is 82.0 cm³/mol. The van der Waals surface area contributed by atoms with E-state index in [-0.39, 0.29) is 11.3 Å². The van der Waals surface area contributed by atoms with Gasteiger partial charge in [0.15, 0.2) is 5.76 Å². The van der Waals surface area contributed by atoms with Crippen molar-refractivity contribution < 1.29 is 13.4 Å². The highest BCUT2D eigenvalue weighted by Crippen LogP contribution is 2.32. The van der Waals surface area contributed by atoms with Gasteiger partial charge in [-0.05, 0) is 57.7 Å². The van der Waals surface area contributed by atoms with Crippen molar-refractivity contribution in [2.24, 2.45) is 4.36 Å². The van der Waals surface area contributed by atoms with Crippen molar-refractivity contribution in [3.8, 4) is 0 Å². The molecule has 1 amide bonds. The average Bonchev–Trinajstić information content (AvgIpc) is 2.97. The number of aryl methyl sites for hydroxylation is 2. The van der Waals surface area contributed by atoms with Crippen LogP contribution in [-0.4, -0.2) is 33.7 Å². The molecule has 2 aliphatic rings. The van der Waals surface area contributed by atoms with Gasteiger partial charge in [0.2, 0.25) is 0 Å². The highest BCUT2D eigenvalue weighted by Gasteiger charge is 2.40. The third kappa shape index (κ3) is 2.92. The zero-order valence-corrected chi connectivity index (χ0v) is 13.4. The van der Waals surface area contributed by atoms with Gasteiger partial charge in [-0.3, -0.25) is 4.79 Å². The fourth-order valence-corrected chi connectivity index (χ4v) is 5.91. The van der Waals surface area contributed by atoms with Gasteiger partial charge in [-0.15, -0.1) is 0 Å². The second-order valence-corrected chi connectivity index (χ2v) is 8.71. The van der Waals surface area contributed by atoms with E-state index in [9.17, 15) is 9.00 Å². The molecule has 6 heteroatoms. The highest BCUT2D eigenvalue weighted by molar-refractivity contribution is 7.94. The van der Waals surface area contributed by atoms with Crippen LogP contribution in [0.15, 0.2) is 14.8 Å². The summed E-state index contributed by atoms with van der Waals surface area (Å²) in [5, 5.41) is 3.48. The van der Waals surface area contributed by atoms with Crippen LogP contribution in [0, 0.1) is 13.8 Å². The number of furan rings is 1. The smallest absolute Gasteiger partial charge is 0.320 e. The summed E-state index contributed by atoms with van der Waals surface area (Å²) >= 11 is 0. The van der Waals surface area contributed by atoms with Crippen LogP contribution in [0.5, 0.6) is 0 Å². The number of carbonyl (C=O) groups is 1. The summed E-state index contributed by atoms with van der Waals surface area (Å²) in [6.45, 7) is 4.66. The van der Waals surface area contributed by atoms with Gasteiger partial charge in [-0.1, -0.05) is 0 Å². The zero-order valence-electron chi connectivity index (χ0n) is 12.6. The van der Waals surface area contributed by atoms with Crippen LogP contribution in [0.4, 0.5) is 0 Å². The van der Waals surface area contributed by atoms with Crippen LogP contribution in [0.1, 0.15) is 47.6 Å². The van der Waals surface area contributed by atoms with Crippen LogP contribution in [-0.2, 0) is 9.73 Å². The molecule has 2 atom stereocenters. The monoisotopic (exact) mass is 310 g/mol. The van der Waals surface area contributed by atoms with Gasteiger partial charge < -0.3 is 9.73 Å². The van der Waals surface area contributed by atoms with Crippen molar-refractivity contribution >= 4 is 15.6 Å². The molecule has 1 spiro atoms. The molecule has 1 aromatic rings. The Labute approximate surface area is 125 Å². The van der Waals surface area contributed by atoms with Gasteiger partial charge in [0.05, 0.1) is 15.5 Å². The molecule has 5 nitrogen and oxygen atoms in total. The van der Waals surface area contributed by atoms with Gasteiger partial charge >= 0.3 is 5.91 Å². The molecule has 2 unspecified atom stereocenters. The lowest BCUT2D eigenvalue weighted by molar-refractivity contribution is 0.0977. The number of nitrogens with one attached hydrogen (secondary N) is 1. The first kappa shape index (κ1) is 14.8. The van der Waals surface area contributed by atoms with Crippen molar-refractivity contribution in [2.45, 2.75) is 45.1 Å². The highest BCUT2D eigenvalue weighted by atomic mass is 32.2. The molecule has 0 saturated carbocycles. The number of hydrogen-bond acceptors (Lipinski definition) is 4. The molecule has 0 bridgehead atoms. The molecule has 0 radical (unpaired) electrons. The fourth-order valence-electron chi connectivity index (χ4n) is 3.37. The van der Waals surface area contributed by atoms with E-state index in [4.69, 9.17) is 4.42 Å². The summed E-state index contributed by atoms with van der Waals surface area (Å²) in [4.78, 5) is 12.2. The van der Waals surface area contributed by atoms with E-state index < -0.39 is 15.6 Å². The van der Waals surface area contributed by atoms with Gasteiger partial charge in [-0.25, -0.2) is 4.21 Å². The molecule has 2 saturated heterocycles. The number of hydrogen-bond donors (Lipinski definition) is 1. The largest absolute Gasteiger partial charge is 0.456 e. The number of amides is 1. The Hall–Kier alpha value is -1.14. The maximum atomic E-state index is 13.0. The lowest BCUT2D eigenvalue weighted by atomic mass is 9.94. The van der Waals surface area contributed by atoms with Crippen molar-refractivity contribution in [1.82, 2.24) is 5.32 Å². The first-order valence-corrected chi connectivity index (χ1v) is 9.36. The van der Waals surface area contributed by atoms with E-state index in [0.29, 0.717) is 17.3 Å². The normalized spacial score (nSPS) is 32.5. The Morgan fingerprint density at radius 3 is 2.76 bits per heavy atom. The van der Waals surface area contributed by atoms with Crippen molar-refractivity contribution in [3.05, 3.63) is 23.2 Å². The number of nitrogens with zero attached hydrogens (tertiary/aromatic N) is 1.